The summed E-state index contributed by atoms with van der Waals surface area (Å²) in [4.78, 5) is 48.7. The maximum absolute atomic E-state index is 11.9. The second-order valence-electron chi connectivity index (χ2n) is 9.88. The normalized spacial score (nSPS) is 10.6. The number of carbonyl (C=O) groups excluding carboxylic acids is 4. The van der Waals surface area contributed by atoms with E-state index in [9.17, 15) is 19.2 Å². The summed E-state index contributed by atoms with van der Waals surface area (Å²) in [5.41, 5.74) is -0.217. The van der Waals surface area contributed by atoms with Gasteiger partial charge >= 0.3 is 11.9 Å². The molecule has 0 aromatic heterocycles. The fourth-order valence-electron chi connectivity index (χ4n) is 2.22. The Labute approximate surface area is 250 Å². The van der Waals surface area contributed by atoms with Crippen molar-refractivity contribution in [1.82, 2.24) is 0 Å². The molecule has 0 saturated carbocycles. The molecule has 2 N–H and O–H groups in total. The van der Waals surface area contributed by atoms with Crippen molar-refractivity contribution in [3.05, 3.63) is 56.5 Å². The average molecular weight is 696 g/mol. The van der Waals surface area contributed by atoms with Gasteiger partial charge in [-0.1, -0.05) is 0 Å². The minimum absolute atomic E-state index is 0.261. The van der Waals surface area contributed by atoms with Crippen LogP contribution in [-0.4, -0.2) is 43.8 Å². The Hall–Kier alpha value is -2.47. The number of ketones is 1. The molecule has 0 atom stereocenters. The van der Waals surface area contributed by atoms with E-state index < -0.39 is 28.0 Å². The third-order valence-electron chi connectivity index (χ3n) is 4.52. The van der Waals surface area contributed by atoms with Gasteiger partial charge in [-0.15, -0.1) is 0 Å². The Morgan fingerprint density at radius 1 is 0.769 bits per heavy atom. The number of hydrogen-bond acceptors (Lipinski definition) is 9. The molecule has 0 fully saturated rings. The molecule has 0 aliphatic rings. The van der Waals surface area contributed by atoms with E-state index in [0.29, 0.717) is 22.6 Å². The first-order chi connectivity index (χ1) is 17.9. The van der Waals surface area contributed by atoms with Crippen LogP contribution in [0.2, 0.25) is 0 Å². The number of esters is 1. The molecule has 0 saturated heterocycles. The van der Waals surface area contributed by atoms with E-state index in [2.05, 4.69) is 42.6 Å². The van der Waals surface area contributed by atoms with E-state index in [1.807, 2.05) is 0 Å². The second kappa shape index (κ2) is 16.6. The topological polar surface area (TPSA) is 131 Å². The molecule has 0 spiro atoms. The molecule has 0 aliphatic heterocycles. The van der Waals surface area contributed by atoms with Gasteiger partial charge in [0.15, 0.2) is 12.4 Å². The van der Waals surface area contributed by atoms with Gasteiger partial charge in [-0.3, -0.25) is 14.4 Å². The molecular formula is C27H34Br2ClNO8. The van der Waals surface area contributed by atoms with Crippen LogP contribution in [0.15, 0.2) is 45.3 Å². The first-order valence-electron chi connectivity index (χ1n) is 11.4. The van der Waals surface area contributed by atoms with Gasteiger partial charge in [0.2, 0.25) is 0 Å². The van der Waals surface area contributed by atoms with E-state index in [1.165, 1.54) is 14.2 Å². The lowest BCUT2D eigenvalue weighted by Crippen LogP contribution is -2.25. The Bertz CT molecular complexity index is 1160. The molecule has 0 bridgehead atoms. The fourth-order valence-corrected chi connectivity index (χ4v) is 3.16. The molecule has 39 heavy (non-hydrogen) atoms. The summed E-state index contributed by atoms with van der Waals surface area (Å²) in [5, 5.41) is -0.485. The lowest BCUT2D eigenvalue weighted by atomic mass is 9.97. The average Bonchev–Trinajstić information content (AvgIpc) is 2.86. The molecular weight excluding hydrogens is 662 g/mol. The van der Waals surface area contributed by atoms with Crippen molar-refractivity contribution in [2.24, 2.45) is 16.7 Å². The van der Waals surface area contributed by atoms with Crippen LogP contribution in [0.5, 0.6) is 11.5 Å². The van der Waals surface area contributed by atoms with Gasteiger partial charge in [-0.25, -0.2) is 4.79 Å². The first-order valence-corrected chi connectivity index (χ1v) is 13.3. The van der Waals surface area contributed by atoms with E-state index in [4.69, 9.17) is 25.8 Å². The lowest BCUT2D eigenvalue weighted by molar-refractivity contribution is -0.153. The summed E-state index contributed by atoms with van der Waals surface area (Å²) in [5.74, 6) is 4.72. The number of Topliss-reactive ketones (excluding diaryl/α,β-unsaturated/α-hetero) is 1. The predicted octanol–water partition coefficient (Wildman–Crippen LogP) is 6.52. The molecule has 0 unspecified atom stereocenters. The Morgan fingerprint density at radius 2 is 1.18 bits per heavy atom. The molecule has 216 valence electrons. The number of rotatable bonds is 6. The van der Waals surface area contributed by atoms with Crippen LogP contribution in [0.4, 0.5) is 0 Å². The predicted molar refractivity (Wildman–Crippen MR) is 156 cm³/mol. The van der Waals surface area contributed by atoms with Crippen molar-refractivity contribution >= 4 is 66.4 Å². The van der Waals surface area contributed by atoms with Gasteiger partial charge in [-0.05, 0) is 121 Å². The van der Waals surface area contributed by atoms with Gasteiger partial charge in [0, 0.05) is 11.1 Å². The van der Waals surface area contributed by atoms with Crippen LogP contribution in [0.1, 0.15) is 62.3 Å². The smallest absolute Gasteiger partial charge is 0.329 e. The number of halogens is 3. The van der Waals surface area contributed by atoms with Crippen LogP contribution in [0.25, 0.3) is 0 Å². The Morgan fingerprint density at radius 3 is 1.51 bits per heavy atom. The van der Waals surface area contributed by atoms with Crippen LogP contribution in [0, 0.1) is 10.8 Å². The van der Waals surface area contributed by atoms with Gasteiger partial charge in [0.05, 0.1) is 34.0 Å². The number of methoxy groups -OCH3 is 2. The van der Waals surface area contributed by atoms with Crippen molar-refractivity contribution in [2.45, 2.75) is 41.5 Å². The van der Waals surface area contributed by atoms with Crippen LogP contribution in [-0.2, 0) is 19.2 Å². The van der Waals surface area contributed by atoms with Crippen LogP contribution in [0.3, 0.4) is 0 Å². The van der Waals surface area contributed by atoms with Gasteiger partial charge in [-0.2, -0.15) is 5.90 Å². The van der Waals surface area contributed by atoms with Crippen molar-refractivity contribution in [1.29, 1.82) is 0 Å². The Balaban J connectivity index is 0.000000616. The molecule has 0 heterocycles. The van der Waals surface area contributed by atoms with Crippen molar-refractivity contribution in [3.63, 3.8) is 0 Å². The third-order valence-corrected chi connectivity index (χ3v) is 6.05. The molecule has 0 amide bonds. The largest absolute Gasteiger partial charge is 0.496 e. The van der Waals surface area contributed by atoms with E-state index >= 15 is 0 Å². The molecule has 2 rings (SSSR count). The zero-order valence-electron chi connectivity index (χ0n) is 23.1. The quantitative estimate of drug-likeness (QED) is 0.155. The summed E-state index contributed by atoms with van der Waals surface area (Å²) < 4.78 is 16.6. The lowest BCUT2D eigenvalue weighted by Gasteiger charge is -2.16. The summed E-state index contributed by atoms with van der Waals surface area (Å²) in [6, 6.07) is 9.91. The molecule has 12 heteroatoms. The Kier molecular flexibility index (Phi) is 15.5. The van der Waals surface area contributed by atoms with Gasteiger partial charge in [0.25, 0.3) is 5.24 Å². The zero-order chi connectivity index (χ0) is 30.6. The SMILES string of the molecule is CC(C)(C)C(=O)ON.COc1cc(C(=O)COC(=O)C(C)(C)C)ccc1Br.COc1cc(C(=O)Cl)ccc1Br. The number of nitrogens with two attached hydrogens (primary N) is 1. The first kappa shape index (κ1) is 36.5. The zero-order valence-corrected chi connectivity index (χ0v) is 27.1. The van der Waals surface area contributed by atoms with Crippen LogP contribution < -0.4 is 15.4 Å². The highest BCUT2D eigenvalue weighted by atomic mass is 79.9. The molecule has 0 radical (unpaired) electrons. The van der Waals surface area contributed by atoms with Gasteiger partial charge in [0.1, 0.15) is 11.5 Å². The summed E-state index contributed by atoms with van der Waals surface area (Å²) in [6.45, 7) is 10.2. The van der Waals surface area contributed by atoms with Crippen molar-refractivity contribution < 1.29 is 38.2 Å². The second-order valence-corrected chi connectivity index (χ2v) is 11.9. The number of ether oxygens (including phenoxy) is 3. The maximum Gasteiger partial charge on any atom is 0.329 e. The fraction of sp³-hybridized carbons (Fsp3) is 0.407. The monoisotopic (exact) mass is 693 g/mol. The molecule has 9 nitrogen and oxygen atoms in total. The van der Waals surface area contributed by atoms with Crippen molar-refractivity contribution in [2.75, 3.05) is 20.8 Å². The number of hydrogen-bond donors (Lipinski definition) is 1. The standard InChI is InChI=1S/C14H17BrO4.C8H6BrClO2.C5H11NO2/c1-14(2,3)13(17)19-8-11(16)9-5-6-10(15)12(7-9)18-4;1-12-7-4-5(8(10)11)2-3-6(7)9;1-5(2,3)4(7)8-6/h5-7H,8H2,1-4H3;2-4H,1H3;6H2,1-3H3. The van der Waals surface area contributed by atoms with Crippen molar-refractivity contribution in [3.8, 4) is 11.5 Å². The molecule has 0 aliphatic carbocycles. The highest BCUT2D eigenvalue weighted by Crippen LogP contribution is 2.27. The van der Waals surface area contributed by atoms with E-state index in [1.54, 1.807) is 77.9 Å². The number of benzene rings is 2. The summed E-state index contributed by atoms with van der Waals surface area (Å²) >= 11 is 11.8. The summed E-state index contributed by atoms with van der Waals surface area (Å²) in [6.07, 6.45) is 0. The summed E-state index contributed by atoms with van der Waals surface area (Å²) in [7, 11) is 3.05. The minimum Gasteiger partial charge on any atom is -0.496 e. The third kappa shape index (κ3) is 13.4. The highest BCUT2D eigenvalue weighted by molar-refractivity contribution is 9.10. The maximum atomic E-state index is 11.9. The van der Waals surface area contributed by atoms with E-state index in [-0.39, 0.29) is 12.4 Å². The molecule has 2 aromatic carbocycles. The minimum atomic E-state index is -0.613. The number of carbonyl (C=O) groups is 4. The van der Waals surface area contributed by atoms with E-state index in [0.717, 1.165) is 8.95 Å². The molecule has 2 aromatic rings. The highest BCUT2D eigenvalue weighted by Gasteiger charge is 2.24. The van der Waals surface area contributed by atoms with Crippen LogP contribution >= 0.6 is 43.5 Å². The van der Waals surface area contributed by atoms with Gasteiger partial charge < -0.3 is 19.0 Å².